The predicted molar refractivity (Wildman–Crippen MR) is 267 cm³/mol. The van der Waals surface area contributed by atoms with Gasteiger partial charge >= 0.3 is 5.97 Å². The molecule has 16 nitrogen and oxygen atoms in total. The number of Topliss-reactive ketones (excluding diaryl/α,β-unsaturated/α-hetero) is 2. The van der Waals surface area contributed by atoms with Crippen LogP contribution in [0.5, 0.6) is 0 Å². The average Bonchev–Trinajstić information content (AvgIpc) is 3.66. The van der Waals surface area contributed by atoms with Crippen LogP contribution in [-0.2, 0) is 52.9 Å². The van der Waals surface area contributed by atoms with Gasteiger partial charge in [0.25, 0.3) is 11.7 Å². The minimum atomic E-state index is -3.60. The fourth-order valence-corrected chi connectivity index (χ4v) is 14.2. The van der Waals surface area contributed by atoms with Crippen molar-refractivity contribution in [2.24, 2.45) is 41.4 Å². The van der Waals surface area contributed by atoms with E-state index >= 15 is 0 Å². The highest BCUT2D eigenvalue weighted by Crippen LogP contribution is 2.45. The third-order valence-electron chi connectivity index (χ3n) is 16.6. The van der Waals surface area contributed by atoms with Crippen LogP contribution in [-0.4, -0.2) is 157 Å². The monoisotopic (exact) mass is 1020 g/mol. The van der Waals surface area contributed by atoms with E-state index in [4.69, 9.17) is 23.7 Å². The predicted octanol–water partition coefficient (Wildman–Crippen LogP) is 5.63. The van der Waals surface area contributed by atoms with Crippen molar-refractivity contribution in [3.8, 4) is 0 Å². The number of aliphatic hydroxyl groups excluding tert-OH is 2. The van der Waals surface area contributed by atoms with Crippen molar-refractivity contribution in [1.82, 2.24) is 9.21 Å². The van der Waals surface area contributed by atoms with Gasteiger partial charge in [0.2, 0.25) is 15.8 Å². The van der Waals surface area contributed by atoms with Crippen LogP contribution in [0.25, 0.3) is 0 Å². The average molecular weight is 1020 g/mol. The van der Waals surface area contributed by atoms with E-state index in [0.29, 0.717) is 57.1 Å². The van der Waals surface area contributed by atoms with E-state index in [0.717, 1.165) is 31.3 Å². The van der Waals surface area contributed by atoms with Crippen molar-refractivity contribution in [3.63, 3.8) is 0 Å². The van der Waals surface area contributed by atoms with Gasteiger partial charge < -0.3 is 43.9 Å². The van der Waals surface area contributed by atoms with Gasteiger partial charge in [0.1, 0.15) is 24.4 Å². The van der Waals surface area contributed by atoms with Gasteiger partial charge in [0.05, 0.1) is 37.3 Å². The van der Waals surface area contributed by atoms with Gasteiger partial charge in [0, 0.05) is 45.2 Å². The van der Waals surface area contributed by atoms with Crippen LogP contribution < -0.4 is 0 Å². The number of aliphatic hydroxyl groups is 3. The topological polar surface area (TPSA) is 216 Å². The minimum Gasteiger partial charge on any atom is -0.461 e. The summed E-state index contributed by atoms with van der Waals surface area (Å²) in [7, 11) is -0.506. The molecule has 17 heteroatoms. The molecule has 0 aromatic heterocycles. The lowest BCUT2D eigenvalue weighted by atomic mass is 9.71. The summed E-state index contributed by atoms with van der Waals surface area (Å²) in [5.74, 6) is -6.65. The number of carbonyl (C=O) groups is 4. The lowest BCUT2D eigenvalue weighted by Crippen LogP contribution is -2.61. The molecule has 4 saturated heterocycles. The Morgan fingerprint density at radius 3 is 2.27 bits per heavy atom. The number of sulfonamides is 1. The maximum Gasteiger partial charge on any atom is 0.329 e. The number of carbonyl (C=O) groups excluding carboxylic acids is 4. The fourth-order valence-electron chi connectivity index (χ4n) is 12.5. The van der Waals surface area contributed by atoms with Crippen molar-refractivity contribution in [1.29, 1.82) is 0 Å². The SMILES string of the molecule is CO[C@@H]1C[C@H](C[C@H]2C3CCN4C(=O)C(=O)[C@]5(O)O[C@@H](CC[C@H]5C)C[C@@H](N5CCCS5(=O)=O)C(C)=C/C=C/C=C/[C@@H](C)C[C@@H](C)C(=O)[C@H](OC)[C@H](O)/C(C)=C/[C@@H](C)CC[C@@H]2OC(=O)[C@@H]4C3)CC[C@H]1OCCO. The summed E-state index contributed by atoms with van der Waals surface area (Å²) in [5, 5.41) is 33.2. The largest absolute Gasteiger partial charge is 0.461 e. The summed E-state index contributed by atoms with van der Waals surface area (Å²) in [6.45, 7) is 11.7. The zero-order valence-electron chi connectivity index (χ0n) is 43.5. The molecule has 1 amide bonds. The zero-order chi connectivity index (χ0) is 51.8. The molecular weight excluding hydrogens is 933 g/mol. The number of ketones is 2. The molecule has 6 rings (SSSR count). The number of piperidine rings is 1. The van der Waals surface area contributed by atoms with E-state index in [1.54, 1.807) is 21.0 Å². The first-order valence-electron chi connectivity index (χ1n) is 26.4. The Labute approximate surface area is 422 Å². The number of fused-ring (bicyclic) bond motifs is 5. The van der Waals surface area contributed by atoms with E-state index in [1.165, 1.54) is 16.3 Å². The standard InChI is InChI=1S/C54H84N2O14S/c1-33-13-10-9-11-14-35(3)43(56-22-12-26-71(56,64)65)32-41-18-16-38(6)54(63,70-41)51(60)52(61)55-23-21-40-31-44(55)53(62)69-45(42(40)29-39-17-20-46(68-25-24-57)47(30-39)66-7)19-15-34(2)28-37(5)49(59)50(67-8)48(58)36(4)27-33/h9-11,13-14,28,33-34,36,38-47,49-50,57,59,63H,12,15-27,29-32H2,1-8H3/b11-9+,13-10+,35-14?,37-28+/t33-,34+,36-,38-,39+,40?,41+,42+,43-,44+,45+,46-,47-,49-,50+,54-/m1/s1. The molecule has 1 saturated carbocycles. The first-order valence-corrected chi connectivity index (χ1v) is 28.0. The van der Waals surface area contributed by atoms with E-state index < -0.39 is 81.8 Å². The molecule has 5 fully saturated rings. The molecule has 71 heavy (non-hydrogen) atoms. The van der Waals surface area contributed by atoms with Crippen LogP contribution in [0.15, 0.2) is 47.6 Å². The molecule has 0 aromatic carbocycles. The van der Waals surface area contributed by atoms with Gasteiger partial charge in [-0.15, -0.1) is 0 Å². The Kier molecular flexibility index (Phi) is 20.4. The smallest absolute Gasteiger partial charge is 0.329 e. The van der Waals surface area contributed by atoms with Crippen LogP contribution in [0.1, 0.15) is 125 Å². The number of nitrogens with zero attached hydrogens (tertiary/aromatic N) is 2. The first kappa shape index (κ1) is 57.2. The molecule has 0 radical (unpaired) electrons. The van der Waals surface area contributed by atoms with Crippen LogP contribution in [0.4, 0.5) is 0 Å². The third-order valence-corrected chi connectivity index (χ3v) is 18.6. The zero-order valence-corrected chi connectivity index (χ0v) is 44.3. The van der Waals surface area contributed by atoms with Gasteiger partial charge in [-0.2, -0.15) is 4.31 Å². The van der Waals surface area contributed by atoms with Crippen LogP contribution in [0, 0.1) is 41.4 Å². The summed E-state index contributed by atoms with van der Waals surface area (Å²) in [4.78, 5) is 58.6. The second kappa shape index (κ2) is 25.4. The number of hydrogen-bond donors (Lipinski definition) is 3. The van der Waals surface area contributed by atoms with E-state index in [2.05, 4.69) is 0 Å². The molecule has 0 spiro atoms. The number of allylic oxidation sites excluding steroid dienone is 6. The van der Waals surface area contributed by atoms with Crippen molar-refractivity contribution in [3.05, 3.63) is 47.6 Å². The second-order valence-corrected chi connectivity index (χ2v) is 23.8. The quantitative estimate of drug-likeness (QED) is 0.153. The molecule has 400 valence electrons. The maximum absolute atomic E-state index is 14.5. The Balaban J connectivity index is 1.33. The number of ether oxygens (including phenoxy) is 5. The van der Waals surface area contributed by atoms with Crippen molar-refractivity contribution in [2.75, 3.05) is 46.3 Å². The summed E-state index contributed by atoms with van der Waals surface area (Å²) in [6, 6.07) is -1.71. The summed E-state index contributed by atoms with van der Waals surface area (Å²) in [5.41, 5.74) is 1.33. The lowest BCUT2D eigenvalue weighted by Gasteiger charge is -2.44. The highest BCUT2D eigenvalue weighted by molar-refractivity contribution is 7.89. The fraction of sp³-hybridized carbons (Fsp3) is 0.778. The van der Waals surface area contributed by atoms with E-state index in [1.807, 2.05) is 64.2 Å². The van der Waals surface area contributed by atoms with Crippen molar-refractivity contribution < 1.29 is 66.6 Å². The Bertz CT molecular complexity index is 2090. The first-order chi connectivity index (χ1) is 33.7. The summed E-state index contributed by atoms with van der Waals surface area (Å²) >= 11 is 0. The Morgan fingerprint density at radius 1 is 0.817 bits per heavy atom. The summed E-state index contributed by atoms with van der Waals surface area (Å²) < 4.78 is 58.5. The number of rotatable bonds is 8. The Hall–Kier alpha value is -3.13. The molecule has 1 aliphatic carbocycles. The van der Waals surface area contributed by atoms with E-state index in [-0.39, 0.29) is 85.9 Å². The summed E-state index contributed by atoms with van der Waals surface area (Å²) in [6.07, 6.45) is 14.2. The van der Waals surface area contributed by atoms with Gasteiger partial charge in [-0.25, -0.2) is 13.2 Å². The lowest BCUT2D eigenvalue weighted by molar-refractivity contribution is -0.264. The molecule has 1 unspecified atom stereocenters. The number of amides is 1. The Morgan fingerprint density at radius 2 is 1.58 bits per heavy atom. The normalized spacial score (nSPS) is 41.5. The highest BCUT2D eigenvalue weighted by Gasteiger charge is 2.55. The maximum atomic E-state index is 14.5. The van der Waals surface area contributed by atoms with Crippen LogP contribution in [0.3, 0.4) is 0 Å². The van der Waals surface area contributed by atoms with Gasteiger partial charge in [-0.05, 0) is 132 Å². The molecule has 5 bridgehead atoms. The molecule has 16 atom stereocenters. The van der Waals surface area contributed by atoms with Gasteiger partial charge in [0.15, 0.2) is 5.78 Å². The number of methoxy groups -OCH3 is 2. The van der Waals surface area contributed by atoms with Gasteiger partial charge in [-0.3, -0.25) is 14.4 Å². The molecule has 0 aromatic rings. The number of hydrogen-bond acceptors (Lipinski definition) is 14. The highest BCUT2D eigenvalue weighted by atomic mass is 32.2. The molecule has 5 heterocycles. The van der Waals surface area contributed by atoms with E-state index in [9.17, 15) is 42.9 Å². The second-order valence-electron chi connectivity index (χ2n) is 21.8. The van der Waals surface area contributed by atoms with Crippen LogP contribution >= 0.6 is 0 Å². The number of esters is 1. The molecule has 6 aliphatic rings. The molecular formula is C54H84N2O14S. The molecule has 5 aliphatic heterocycles. The van der Waals surface area contributed by atoms with Crippen LogP contribution in [0.2, 0.25) is 0 Å². The minimum absolute atomic E-state index is 0.000711. The third kappa shape index (κ3) is 13.8. The van der Waals surface area contributed by atoms with Gasteiger partial charge in [-0.1, -0.05) is 69.7 Å². The van der Waals surface area contributed by atoms with Crippen molar-refractivity contribution >= 4 is 33.5 Å². The molecule has 3 N–H and O–H groups in total. The van der Waals surface area contributed by atoms with Crippen molar-refractivity contribution in [2.45, 2.75) is 180 Å².